The summed E-state index contributed by atoms with van der Waals surface area (Å²) in [6.07, 6.45) is -0.107. The lowest BCUT2D eigenvalue weighted by atomic mass is 10.1. The van der Waals surface area contributed by atoms with E-state index >= 15 is 0 Å². The van der Waals surface area contributed by atoms with E-state index in [9.17, 15) is 22.8 Å². The fourth-order valence-corrected chi connectivity index (χ4v) is 1.29. The largest absolute Gasteiger partial charge is 0.503 e. The Morgan fingerprint density at radius 2 is 1.84 bits per heavy atom. The van der Waals surface area contributed by atoms with Crippen LogP contribution in [0.1, 0.15) is 23.2 Å². The Morgan fingerprint density at radius 1 is 1.21 bits per heavy atom. The third kappa shape index (κ3) is 3.60. The van der Waals surface area contributed by atoms with Crippen LogP contribution in [0, 0.1) is 17.5 Å². The zero-order chi connectivity index (χ0) is 14.6. The minimum Gasteiger partial charge on any atom is -0.503 e. The molecule has 0 heterocycles. The molecule has 19 heavy (non-hydrogen) atoms. The maximum absolute atomic E-state index is 13.3. The van der Waals surface area contributed by atoms with Crippen molar-refractivity contribution in [2.75, 3.05) is 6.54 Å². The molecule has 1 rings (SSSR count). The highest BCUT2D eigenvalue weighted by Crippen LogP contribution is 2.25. The monoisotopic (exact) mass is 277 g/mol. The van der Waals surface area contributed by atoms with E-state index in [1.54, 1.807) is 0 Å². The van der Waals surface area contributed by atoms with E-state index < -0.39 is 40.6 Å². The van der Waals surface area contributed by atoms with Crippen molar-refractivity contribution in [3.8, 4) is 5.75 Å². The first-order valence-corrected chi connectivity index (χ1v) is 5.21. The standard InChI is InChI=1S/C11H10F3NO4/c12-6-4-5(8(13)10(18)9(6)14)11(19)15-3-1-2-7(16)17/h4,18H,1-3H2,(H,15,19)(H,16,17). The number of carboxylic acid groups (broad SMARTS) is 1. The fraction of sp³-hybridized carbons (Fsp3) is 0.273. The van der Waals surface area contributed by atoms with Crippen molar-refractivity contribution in [3.63, 3.8) is 0 Å². The van der Waals surface area contributed by atoms with Gasteiger partial charge in [-0.25, -0.2) is 8.78 Å². The number of nitrogens with one attached hydrogen (secondary N) is 1. The highest BCUT2D eigenvalue weighted by molar-refractivity contribution is 5.95. The first-order valence-electron chi connectivity index (χ1n) is 5.21. The number of carbonyl (C=O) groups excluding carboxylic acids is 1. The average molecular weight is 277 g/mol. The molecule has 0 bridgehead atoms. The van der Waals surface area contributed by atoms with Crippen molar-refractivity contribution in [2.45, 2.75) is 12.8 Å². The number of aromatic hydroxyl groups is 1. The number of halogens is 3. The van der Waals surface area contributed by atoms with E-state index in [4.69, 9.17) is 10.2 Å². The lowest BCUT2D eigenvalue weighted by Gasteiger charge is -2.07. The highest BCUT2D eigenvalue weighted by Gasteiger charge is 2.22. The molecule has 0 aromatic heterocycles. The van der Waals surface area contributed by atoms with Gasteiger partial charge < -0.3 is 15.5 Å². The lowest BCUT2D eigenvalue weighted by Crippen LogP contribution is -2.26. The molecule has 0 aliphatic rings. The quantitative estimate of drug-likeness (QED) is 0.561. The third-order valence-electron chi connectivity index (χ3n) is 2.23. The Morgan fingerprint density at radius 3 is 2.42 bits per heavy atom. The van der Waals surface area contributed by atoms with Crippen LogP contribution < -0.4 is 5.32 Å². The molecular formula is C11H10F3NO4. The molecular weight excluding hydrogens is 267 g/mol. The Labute approximate surface area is 105 Å². The molecule has 0 saturated heterocycles. The minimum atomic E-state index is -1.78. The number of hydrogen-bond donors (Lipinski definition) is 3. The Bertz CT molecular complexity index is 519. The summed E-state index contributed by atoms with van der Waals surface area (Å²) in [5, 5.41) is 19.4. The number of carbonyl (C=O) groups is 2. The molecule has 0 unspecified atom stereocenters. The van der Waals surface area contributed by atoms with Gasteiger partial charge in [-0.15, -0.1) is 0 Å². The number of amides is 1. The van der Waals surface area contributed by atoms with Crippen molar-refractivity contribution < 1.29 is 33.0 Å². The molecule has 1 aromatic rings. The number of phenols is 1. The van der Waals surface area contributed by atoms with Gasteiger partial charge in [0.05, 0.1) is 5.56 Å². The van der Waals surface area contributed by atoms with Crippen molar-refractivity contribution in [3.05, 3.63) is 29.1 Å². The SMILES string of the molecule is O=C(O)CCCNC(=O)c1cc(F)c(F)c(O)c1F. The zero-order valence-electron chi connectivity index (χ0n) is 9.54. The Hall–Kier alpha value is -2.25. The predicted octanol–water partition coefficient (Wildman–Crippen LogP) is 1.40. The van der Waals surface area contributed by atoms with Gasteiger partial charge >= 0.3 is 5.97 Å². The molecule has 0 fully saturated rings. The number of aliphatic carboxylic acids is 1. The van der Waals surface area contributed by atoms with Gasteiger partial charge in [0.1, 0.15) is 0 Å². The van der Waals surface area contributed by atoms with Crippen molar-refractivity contribution in [1.82, 2.24) is 5.32 Å². The van der Waals surface area contributed by atoms with Crippen LogP contribution in [0.4, 0.5) is 13.2 Å². The normalized spacial score (nSPS) is 10.3. The van der Waals surface area contributed by atoms with Crippen LogP contribution >= 0.6 is 0 Å². The molecule has 1 amide bonds. The summed E-state index contributed by atoms with van der Waals surface area (Å²) in [4.78, 5) is 21.6. The van der Waals surface area contributed by atoms with E-state index in [1.165, 1.54) is 0 Å². The van der Waals surface area contributed by atoms with Gasteiger partial charge in [0.25, 0.3) is 5.91 Å². The van der Waals surface area contributed by atoms with Crippen LogP contribution in [-0.2, 0) is 4.79 Å². The summed E-state index contributed by atoms with van der Waals surface area (Å²) in [5.74, 6) is -8.62. The van der Waals surface area contributed by atoms with Crippen LogP contribution in [-0.4, -0.2) is 28.6 Å². The number of benzene rings is 1. The molecule has 0 radical (unpaired) electrons. The molecule has 3 N–H and O–H groups in total. The van der Waals surface area contributed by atoms with E-state index in [0.717, 1.165) is 0 Å². The van der Waals surface area contributed by atoms with E-state index in [2.05, 4.69) is 5.32 Å². The van der Waals surface area contributed by atoms with Crippen molar-refractivity contribution in [2.24, 2.45) is 0 Å². The van der Waals surface area contributed by atoms with Crippen molar-refractivity contribution in [1.29, 1.82) is 0 Å². The summed E-state index contributed by atoms with van der Waals surface area (Å²) >= 11 is 0. The Kier molecular flexibility index (Phi) is 4.74. The second kappa shape index (κ2) is 6.07. The average Bonchev–Trinajstić information content (AvgIpc) is 2.36. The molecule has 0 atom stereocenters. The molecule has 0 aliphatic carbocycles. The molecule has 104 valence electrons. The molecule has 1 aromatic carbocycles. The molecule has 8 heteroatoms. The van der Waals surface area contributed by atoms with E-state index in [1.807, 2.05) is 0 Å². The molecule has 0 spiro atoms. The van der Waals surface area contributed by atoms with Crippen LogP contribution in [0.5, 0.6) is 5.75 Å². The van der Waals surface area contributed by atoms with Gasteiger partial charge in [0.2, 0.25) is 5.82 Å². The van der Waals surface area contributed by atoms with Crippen LogP contribution in [0.2, 0.25) is 0 Å². The fourth-order valence-electron chi connectivity index (χ4n) is 1.29. The lowest BCUT2D eigenvalue weighted by molar-refractivity contribution is -0.137. The molecule has 0 aliphatic heterocycles. The minimum absolute atomic E-state index is 0.0790. The third-order valence-corrected chi connectivity index (χ3v) is 2.23. The summed E-state index contributed by atoms with van der Waals surface area (Å²) < 4.78 is 39.0. The Balaban J connectivity index is 2.75. The van der Waals surface area contributed by atoms with Gasteiger partial charge in [-0.3, -0.25) is 9.59 Å². The number of hydrogen-bond acceptors (Lipinski definition) is 3. The highest BCUT2D eigenvalue weighted by atomic mass is 19.2. The predicted molar refractivity (Wildman–Crippen MR) is 57.2 cm³/mol. The summed E-state index contributed by atoms with van der Waals surface area (Å²) in [7, 11) is 0. The van der Waals surface area contributed by atoms with Gasteiger partial charge in [0.15, 0.2) is 17.4 Å². The van der Waals surface area contributed by atoms with E-state index in [0.29, 0.717) is 6.07 Å². The van der Waals surface area contributed by atoms with Crippen molar-refractivity contribution >= 4 is 11.9 Å². The second-order valence-corrected chi connectivity index (χ2v) is 3.64. The number of rotatable bonds is 5. The van der Waals surface area contributed by atoms with E-state index in [-0.39, 0.29) is 19.4 Å². The van der Waals surface area contributed by atoms with Crippen LogP contribution in [0.25, 0.3) is 0 Å². The van der Waals surface area contributed by atoms with Gasteiger partial charge in [-0.1, -0.05) is 0 Å². The van der Waals surface area contributed by atoms with Crippen LogP contribution in [0.3, 0.4) is 0 Å². The zero-order valence-corrected chi connectivity index (χ0v) is 9.54. The maximum atomic E-state index is 13.3. The second-order valence-electron chi connectivity index (χ2n) is 3.64. The number of carboxylic acids is 1. The summed E-state index contributed by atoms with van der Waals surface area (Å²) in [6.45, 7) is -0.0790. The summed E-state index contributed by atoms with van der Waals surface area (Å²) in [6, 6.07) is 0.316. The van der Waals surface area contributed by atoms with Gasteiger partial charge in [-0.2, -0.15) is 4.39 Å². The van der Waals surface area contributed by atoms with Crippen LogP contribution in [0.15, 0.2) is 6.07 Å². The topological polar surface area (TPSA) is 86.6 Å². The maximum Gasteiger partial charge on any atom is 0.303 e. The smallest absolute Gasteiger partial charge is 0.303 e. The number of phenolic OH excluding ortho intramolecular Hbond substituents is 1. The first-order chi connectivity index (χ1) is 8.84. The summed E-state index contributed by atoms with van der Waals surface area (Å²) in [5.41, 5.74) is -0.855. The van der Waals surface area contributed by atoms with Gasteiger partial charge in [0, 0.05) is 13.0 Å². The van der Waals surface area contributed by atoms with Gasteiger partial charge in [-0.05, 0) is 12.5 Å². The molecule has 5 nitrogen and oxygen atoms in total. The molecule has 0 saturated carbocycles. The first kappa shape index (κ1) is 14.8.